The minimum absolute atomic E-state index is 0.0499. The summed E-state index contributed by atoms with van der Waals surface area (Å²) >= 11 is 0. The van der Waals surface area contributed by atoms with Crippen LogP contribution in [0.1, 0.15) is 15.9 Å². The summed E-state index contributed by atoms with van der Waals surface area (Å²) in [4.78, 5) is 12.6. The summed E-state index contributed by atoms with van der Waals surface area (Å²) in [5, 5.41) is 10.3. The van der Waals surface area contributed by atoms with Gasteiger partial charge in [-0.15, -0.1) is 5.10 Å². The molecule has 1 heterocycles. The molecule has 0 atom stereocenters. The summed E-state index contributed by atoms with van der Waals surface area (Å²) in [5.74, 6) is -0.213. The molecule has 0 bridgehead atoms. The first kappa shape index (κ1) is 21.3. The number of para-hydroxylation sites is 1. The van der Waals surface area contributed by atoms with Gasteiger partial charge < -0.3 is 4.42 Å². The van der Waals surface area contributed by atoms with Crippen LogP contribution in [-0.2, 0) is 10.0 Å². The molecule has 4 rings (SSSR count). The molecule has 0 aliphatic rings. The van der Waals surface area contributed by atoms with Crippen molar-refractivity contribution in [3.8, 4) is 11.5 Å². The second kappa shape index (κ2) is 8.64. The number of nitrogens with zero attached hydrogens (tertiary/aromatic N) is 3. The average molecular weight is 449 g/mol. The smallest absolute Gasteiger partial charge is 0.322 e. The topological polar surface area (TPSA) is 105 Å². The van der Waals surface area contributed by atoms with E-state index < -0.39 is 15.9 Å². The second-order valence-corrected chi connectivity index (χ2v) is 9.03. The standard InChI is InChI=1S/C23H20N4O4S/c1-16-8-10-18(11-9-16)22-25-26-23(31-22)24-21(28)17-12-14-20(15-13-17)32(29,30)27(2)19-6-4-3-5-7-19/h3-15H,1-2H3,(H,24,26,28). The van der Waals surface area contributed by atoms with Gasteiger partial charge in [0, 0.05) is 18.2 Å². The highest BCUT2D eigenvalue weighted by atomic mass is 32.2. The maximum Gasteiger partial charge on any atom is 0.322 e. The maximum atomic E-state index is 12.9. The van der Waals surface area contributed by atoms with Crippen LogP contribution in [0.5, 0.6) is 0 Å². The predicted molar refractivity (Wildman–Crippen MR) is 121 cm³/mol. The summed E-state index contributed by atoms with van der Waals surface area (Å²) in [6.45, 7) is 1.97. The van der Waals surface area contributed by atoms with E-state index in [9.17, 15) is 13.2 Å². The highest BCUT2D eigenvalue weighted by Gasteiger charge is 2.22. The minimum atomic E-state index is -3.76. The average Bonchev–Trinajstić information content (AvgIpc) is 3.28. The fourth-order valence-corrected chi connectivity index (χ4v) is 4.16. The van der Waals surface area contributed by atoms with Gasteiger partial charge in [-0.05, 0) is 55.5 Å². The van der Waals surface area contributed by atoms with Gasteiger partial charge in [-0.1, -0.05) is 41.0 Å². The normalized spacial score (nSPS) is 11.2. The Morgan fingerprint density at radius 3 is 2.22 bits per heavy atom. The lowest BCUT2D eigenvalue weighted by Gasteiger charge is -2.19. The molecule has 0 saturated carbocycles. The zero-order valence-electron chi connectivity index (χ0n) is 17.4. The lowest BCUT2D eigenvalue weighted by Crippen LogP contribution is -2.26. The molecule has 9 heteroatoms. The number of amides is 1. The van der Waals surface area contributed by atoms with Crippen LogP contribution >= 0.6 is 0 Å². The van der Waals surface area contributed by atoms with Gasteiger partial charge in [-0.3, -0.25) is 14.4 Å². The van der Waals surface area contributed by atoms with E-state index in [2.05, 4.69) is 15.5 Å². The number of rotatable bonds is 6. The molecule has 1 amide bonds. The van der Waals surface area contributed by atoms with Crippen molar-refractivity contribution in [2.45, 2.75) is 11.8 Å². The van der Waals surface area contributed by atoms with Crippen molar-refractivity contribution in [1.82, 2.24) is 10.2 Å². The summed E-state index contributed by atoms with van der Waals surface area (Å²) in [6.07, 6.45) is 0. The summed E-state index contributed by atoms with van der Waals surface area (Å²) in [7, 11) is -2.28. The molecule has 8 nitrogen and oxygen atoms in total. The summed E-state index contributed by atoms with van der Waals surface area (Å²) in [6, 6.07) is 21.8. The van der Waals surface area contributed by atoms with Gasteiger partial charge in [-0.25, -0.2) is 8.42 Å². The van der Waals surface area contributed by atoms with Crippen molar-refractivity contribution >= 4 is 27.6 Å². The van der Waals surface area contributed by atoms with Crippen LogP contribution in [0.2, 0.25) is 0 Å². The van der Waals surface area contributed by atoms with Gasteiger partial charge in [-0.2, -0.15) is 0 Å². The Balaban J connectivity index is 1.47. The van der Waals surface area contributed by atoms with E-state index in [1.165, 1.54) is 35.6 Å². The molecule has 0 spiro atoms. The van der Waals surface area contributed by atoms with Crippen LogP contribution in [0.3, 0.4) is 0 Å². The largest absolute Gasteiger partial charge is 0.403 e. The minimum Gasteiger partial charge on any atom is -0.403 e. The quantitative estimate of drug-likeness (QED) is 0.476. The van der Waals surface area contributed by atoms with E-state index in [1.54, 1.807) is 24.3 Å². The lowest BCUT2D eigenvalue weighted by molar-refractivity contribution is 0.102. The van der Waals surface area contributed by atoms with Gasteiger partial charge in [0.25, 0.3) is 15.9 Å². The SMILES string of the molecule is Cc1ccc(-c2nnc(NC(=O)c3ccc(S(=O)(=O)N(C)c4ccccc4)cc3)o2)cc1. The molecule has 162 valence electrons. The molecule has 1 aromatic heterocycles. The summed E-state index contributed by atoms with van der Waals surface area (Å²) < 4.78 is 32.4. The first-order chi connectivity index (χ1) is 15.3. The van der Waals surface area contributed by atoms with Crippen molar-refractivity contribution in [3.63, 3.8) is 0 Å². The Bertz CT molecular complexity index is 1330. The third-order valence-corrected chi connectivity index (χ3v) is 6.64. The number of hydrogen-bond donors (Lipinski definition) is 1. The lowest BCUT2D eigenvalue weighted by atomic mass is 10.1. The number of carbonyl (C=O) groups is 1. The Labute approximate surface area is 185 Å². The molecule has 1 N–H and O–H groups in total. The number of benzene rings is 3. The molecule has 0 radical (unpaired) electrons. The first-order valence-electron chi connectivity index (χ1n) is 9.70. The zero-order valence-corrected chi connectivity index (χ0v) is 18.2. The number of aromatic nitrogens is 2. The van der Waals surface area contributed by atoms with E-state index in [0.717, 1.165) is 11.1 Å². The van der Waals surface area contributed by atoms with Crippen LogP contribution < -0.4 is 9.62 Å². The van der Waals surface area contributed by atoms with Crippen LogP contribution in [-0.4, -0.2) is 31.6 Å². The van der Waals surface area contributed by atoms with E-state index in [-0.39, 0.29) is 22.4 Å². The zero-order chi connectivity index (χ0) is 22.7. The third kappa shape index (κ3) is 4.37. The van der Waals surface area contributed by atoms with Crippen LogP contribution in [0.25, 0.3) is 11.5 Å². The van der Waals surface area contributed by atoms with Crippen molar-refractivity contribution in [1.29, 1.82) is 0 Å². The molecule has 0 aliphatic carbocycles. The van der Waals surface area contributed by atoms with Crippen molar-refractivity contribution < 1.29 is 17.6 Å². The monoisotopic (exact) mass is 448 g/mol. The molecule has 3 aromatic carbocycles. The van der Waals surface area contributed by atoms with Gasteiger partial charge >= 0.3 is 6.01 Å². The fourth-order valence-electron chi connectivity index (χ4n) is 2.97. The molecule has 32 heavy (non-hydrogen) atoms. The molecule has 0 saturated heterocycles. The summed E-state index contributed by atoms with van der Waals surface area (Å²) in [5.41, 5.74) is 2.62. The van der Waals surface area contributed by atoms with E-state index in [1.807, 2.05) is 37.3 Å². The van der Waals surface area contributed by atoms with E-state index >= 15 is 0 Å². The highest BCUT2D eigenvalue weighted by Crippen LogP contribution is 2.23. The molecule has 0 aliphatic heterocycles. The van der Waals surface area contributed by atoms with Crippen LogP contribution in [0.15, 0.2) is 88.2 Å². The van der Waals surface area contributed by atoms with Gasteiger partial charge in [0.15, 0.2) is 0 Å². The van der Waals surface area contributed by atoms with Gasteiger partial charge in [0.05, 0.1) is 10.6 Å². The molecule has 0 fully saturated rings. The van der Waals surface area contributed by atoms with E-state index in [4.69, 9.17) is 4.42 Å². The number of nitrogens with one attached hydrogen (secondary N) is 1. The van der Waals surface area contributed by atoms with E-state index in [0.29, 0.717) is 5.69 Å². The predicted octanol–water partition coefficient (Wildman–Crippen LogP) is 4.12. The fraction of sp³-hybridized carbons (Fsp3) is 0.0870. The first-order valence-corrected chi connectivity index (χ1v) is 11.1. The number of sulfonamides is 1. The Hall–Kier alpha value is -3.98. The Morgan fingerprint density at radius 1 is 0.906 bits per heavy atom. The molecule has 0 unspecified atom stereocenters. The van der Waals surface area contributed by atoms with Crippen molar-refractivity contribution in [2.24, 2.45) is 0 Å². The maximum absolute atomic E-state index is 12.9. The third-order valence-electron chi connectivity index (χ3n) is 4.84. The number of anilines is 2. The Kier molecular flexibility index (Phi) is 5.74. The number of aryl methyl sites for hydroxylation is 1. The van der Waals surface area contributed by atoms with Crippen molar-refractivity contribution in [2.75, 3.05) is 16.7 Å². The van der Waals surface area contributed by atoms with Gasteiger partial charge in [0.1, 0.15) is 0 Å². The van der Waals surface area contributed by atoms with Crippen molar-refractivity contribution in [3.05, 3.63) is 90.0 Å². The number of hydrogen-bond acceptors (Lipinski definition) is 6. The number of carbonyl (C=O) groups excluding carboxylic acids is 1. The second-order valence-electron chi connectivity index (χ2n) is 7.06. The van der Waals surface area contributed by atoms with Crippen LogP contribution in [0.4, 0.5) is 11.7 Å². The molecule has 4 aromatic rings. The molecular weight excluding hydrogens is 428 g/mol. The Morgan fingerprint density at radius 2 is 1.56 bits per heavy atom. The van der Waals surface area contributed by atoms with Gasteiger partial charge in [0.2, 0.25) is 5.89 Å². The highest BCUT2D eigenvalue weighted by molar-refractivity contribution is 7.92. The van der Waals surface area contributed by atoms with Crippen LogP contribution in [0, 0.1) is 6.92 Å². The molecular formula is C23H20N4O4S.